The van der Waals surface area contributed by atoms with Crippen molar-refractivity contribution in [2.24, 2.45) is 5.73 Å². The number of phenolic OH excluding ortho intramolecular Hbond substituents is 1. The molecular weight excluding hydrogens is 401 g/mol. The highest BCUT2D eigenvalue weighted by atomic mass is 79.9. The normalized spacial score (nSPS) is 13.6. The number of ether oxygens (including phenoxy) is 1. The van der Waals surface area contributed by atoms with Gasteiger partial charge in [0.15, 0.2) is 11.5 Å². The monoisotopic (exact) mass is 417 g/mol. The number of halogens is 3. The number of phenols is 1. The zero-order chi connectivity index (χ0) is 13.9. The van der Waals surface area contributed by atoms with Crippen molar-refractivity contribution in [1.29, 1.82) is 0 Å². The second-order valence-corrected chi connectivity index (χ2v) is 5.61. The molecular formula is C12H18Br2ClNO3. The molecule has 4 N–H and O–H groups in total. The van der Waals surface area contributed by atoms with Gasteiger partial charge in [-0.25, -0.2) is 0 Å². The molecule has 1 rings (SSSR count). The molecule has 0 spiro atoms. The van der Waals surface area contributed by atoms with Crippen LogP contribution >= 0.6 is 44.3 Å². The zero-order valence-corrected chi connectivity index (χ0v) is 14.7. The molecule has 0 saturated heterocycles. The number of benzene rings is 1. The number of aliphatic hydroxyl groups is 1. The lowest BCUT2D eigenvalue weighted by molar-refractivity contribution is 0.134. The molecule has 0 saturated carbocycles. The van der Waals surface area contributed by atoms with Crippen molar-refractivity contribution in [2.75, 3.05) is 7.11 Å². The van der Waals surface area contributed by atoms with Gasteiger partial charge in [0.25, 0.3) is 0 Å². The maximum atomic E-state index is 9.95. The summed E-state index contributed by atoms with van der Waals surface area (Å²) in [6, 6.07) is 1.10. The van der Waals surface area contributed by atoms with Crippen LogP contribution in [0.4, 0.5) is 0 Å². The number of hydrogen-bond acceptors (Lipinski definition) is 4. The van der Waals surface area contributed by atoms with Crippen LogP contribution in [0.3, 0.4) is 0 Å². The van der Waals surface area contributed by atoms with E-state index < -0.39 is 12.1 Å². The van der Waals surface area contributed by atoms with E-state index in [1.807, 2.05) is 6.92 Å². The van der Waals surface area contributed by atoms with Gasteiger partial charge in [0.1, 0.15) is 0 Å². The summed E-state index contributed by atoms with van der Waals surface area (Å²) in [6.07, 6.45) is 0.838. The SMILES string of the molecule is CCC[C@@H](O)[C@@H](N)c1cc(OC)c(O)c(Br)c1Br.Cl. The number of nitrogens with two attached hydrogens (primary N) is 1. The van der Waals surface area contributed by atoms with E-state index in [0.29, 0.717) is 26.7 Å². The van der Waals surface area contributed by atoms with Gasteiger partial charge in [-0.05, 0) is 49.9 Å². The van der Waals surface area contributed by atoms with Crippen LogP contribution in [-0.2, 0) is 0 Å². The first-order valence-corrected chi connectivity index (χ1v) is 7.21. The van der Waals surface area contributed by atoms with Gasteiger partial charge in [0.05, 0.1) is 23.7 Å². The smallest absolute Gasteiger partial charge is 0.173 e. The second-order valence-electron chi connectivity index (χ2n) is 4.03. The molecule has 0 amide bonds. The van der Waals surface area contributed by atoms with Gasteiger partial charge in [-0.3, -0.25) is 0 Å². The Morgan fingerprint density at radius 3 is 2.42 bits per heavy atom. The highest BCUT2D eigenvalue weighted by Crippen LogP contribution is 2.43. The molecule has 0 aromatic heterocycles. The topological polar surface area (TPSA) is 75.7 Å². The summed E-state index contributed by atoms with van der Waals surface area (Å²) in [7, 11) is 1.47. The molecule has 1 aromatic carbocycles. The van der Waals surface area contributed by atoms with Crippen molar-refractivity contribution < 1.29 is 14.9 Å². The fourth-order valence-electron chi connectivity index (χ4n) is 1.69. The van der Waals surface area contributed by atoms with E-state index >= 15 is 0 Å². The molecule has 4 nitrogen and oxygen atoms in total. The van der Waals surface area contributed by atoms with Crippen molar-refractivity contribution >= 4 is 44.3 Å². The molecule has 7 heteroatoms. The number of rotatable bonds is 5. The van der Waals surface area contributed by atoms with Gasteiger partial charge in [0.2, 0.25) is 0 Å². The Kier molecular flexibility index (Phi) is 8.31. The molecule has 0 heterocycles. The van der Waals surface area contributed by atoms with E-state index in [1.54, 1.807) is 6.07 Å². The standard InChI is InChI=1S/C12H17Br2NO3.ClH/c1-3-4-7(16)11(15)6-5-8(18-2)12(17)10(14)9(6)13;/h5,7,11,16-17H,3-4,15H2,1-2H3;1H/t7-,11+;/m1./s1. The van der Waals surface area contributed by atoms with E-state index in [2.05, 4.69) is 31.9 Å². The third-order valence-electron chi connectivity index (χ3n) is 2.75. The lowest BCUT2D eigenvalue weighted by atomic mass is 9.99. The summed E-state index contributed by atoms with van der Waals surface area (Å²) in [5.74, 6) is 0.324. The Balaban J connectivity index is 0.00000324. The first-order chi connectivity index (χ1) is 8.43. The van der Waals surface area contributed by atoms with Crippen molar-refractivity contribution in [3.05, 3.63) is 20.6 Å². The molecule has 0 unspecified atom stereocenters. The van der Waals surface area contributed by atoms with Crippen LogP contribution < -0.4 is 10.5 Å². The maximum Gasteiger partial charge on any atom is 0.173 e. The van der Waals surface area contributed by atoms with Gasteiger partial charge in [-0.1, -0.05) is 13.3 Å². The van der Waals surface area contributed by atoms with E-state index in [1.165, 1.54) is 7.11 Å². The van der Waals surface area contributed by atoms with Crippen LogP contribution in [0.5, 0.6) is 11.5 Å². The van der Waals surface area contributed by atoms with Crippen LogP contribution in [0.1, 0.15) is 31.4 Å². The minimum absolute atomic E-state index is 0. The minimum Gasteiger partial charge on any atom is -0.503 e. The van der Waals surface area contributed by atoms with Crippen molar-refractivity contribution in [2.45, 2.75) is 31.9 Å². The summed E-state index contributed by atoms with van der Waals surface area (Å²) < 4.78 is 6.17. The fraction of sp³-hybridized carbons (Fsp3) is 0.500. The Bertz CT molecular complexity index is 432. The van der Waals surface area contributed by atoms with E-state index in [-0.39, 0.29) is 18.2 Å². The second kappa shape index (κ2) is 8.32. The summed E-state index contributed by atoms with van der Waals surface area (Å²) >= 11 is 6.62. The largest absolute Gasteiger partial charge is 0.503 e. The third kappa shape index (κ3) is 4.23. The molecule has 19 heavy (non-hydrogen) atoms. The number of aromatic hydroxyl groups is 1. The summed E-state index contributed by atoms with van der Waals surface area (Å²) in [6.45, 7) is 1.98. The minimum atomic E-state index is -0.632. The van der Waals surface area contributed by atoms with Gasteiger partial charge in [-0.2, -0.15) is 0 Å². The van der Waals surface area contributed by atoms with Crippen LogP contribution in [0.2, 0.25) is 0 Å². The van der Waals surface area contributed by atoms with Crippen molar-refractivity contribution in [3.63, 3.8) is 0 Å². The lowest BCUT2D eigenvalue weighted by Crippen LogP contribution is -2.26. The Hall–Kier alpha value is -0.01000. The number of methoxy groups -OCH3 is 1. The van der Waals surface area contributed by atoms with Crippen molar-refractivity contribution in [3.8, 4) is 11.5 Å². The number of hydrogen-bond donors (Lipinski definition) is 3. The molecule has 0 aliphatic carbocycles. The molecule has 0 aliphatic rings. The van der Waals surface area contributed by atoms with Gasteiger partial charge in [0, 0.05) is 4.47 Å². The first-order valence-electron chi connectivity index (χ1n) is 5.62. The van der Waals surface area contributed by atoms with Crippen LogP contribution in [0, 0.1) is 0 Å². The van der Waals surface area contributed by atoms with E-state index in [4.69, 9.17) is 10.5 Å². The summed E-state index contributed by atoms with van der Waals surface area (Å²) in [5.41, 5.74) is 6.72. The van der Waals surface area contributed by atoms with E-state index in [9.17, 15) is 10.2 Å². The predicted octanol–water partition coefficient (Wildman–Crippen LogP) is 3.51. The molecule has 0 aliphatic heterocycles. The predicted molar refractivity (Wildman–Crippen MR) is 85.2 cm³/mol. The molecule has 2 atom stereocenters. The maximum absolute atomic E-state index is 9.95. The average Bonchev–Trinajstić information content (AvgIpc) is 2.36. The Labute approximate surface area is 136 Å². The highest BCUT2D eigenvalue weighted by molar-refractivity contribution is 9.13. The van der Waals surface area contributed by atoms with Crippen LogP contribution in [0.25, 0.3) is 0 Å². The van der Waals surface area contributed by atoms with E-state index in [0.717, 1.165) is 6.42 Å². The molecule has 0 radical (unpaired) electrons. The van der Waals surface area contributed by atoms with Crippen molar-refractivity contribution in [1.82, 2.24) is 0 Å². The van der Waals surface area contributed by atoms with Crippen LogP contribution in [-0.4, -0.2) is 23.4 Å². The summed E-state index contributed by atoms with van der Waals surface area (Å²) in [5, 5.41) is 19.8. The molecule has 0 fully saturated rings. The molecule has 110 valence electrons. The Morgan fingerprint density at radius 1 is 1.37 bits per heavy atom. The third-order valence-corrected chi connectivity index (χ3v) is 4.91. The Morgan fingerprint density at radius 2 is 1.95 bits per heavy atom. The van der Waals surface area contributed by atoms with Gasteiger partial charge < -0.3 is 20.7 Å². The average molecular weight is 420 g/mol. The quantitative estimate of drug-likeness (QED) is 0.683. The molecule has 1 aromatic rings. The first kappa shape index (κ1) is 19.0. The lowest BCUT2D eigenvalue weighted by Gasteiger charge is -2.21. The zero-order valence-electron chi connectivity index (χ0n) is 10.7. The van der Waals surface area contributed by atoms with Crippen LogP contribution in [0.15, 0.2) is 15.0 Å². The van der Waals surface area contributed by atoms with Gasteiger partial charge >= 0.3 is 0 Å². The summed E-state index contributed by atoms with van der Waals surface area (Å²) in [4.78, 5) is 0. The number of aliphatic hydroxyl groups excluding tert-OH is 1. The van der Waals surface area contributed by atoms with Gasteiger partial charge in [-0.15, -0.1) is 12.4 Å². The highest BCUT2D eigenvalue weighted by Gasteiger charge is 2.23. The molecule has 0 bridgehead atoms. The fourth-order valence-corrected chi connectivity index (χ4v) is 2.68.